The van der Waals surface area contributed by atoms with Crippen LogP contribution in [0.1, 0.15) is 28.3 Å². The molecule has 1 aliphatic rings. The third-order valence-electron chi connectivity index (χ3n) is 5.49. The molecule has 33 heavy (non-hydrogen) atoms. The fourth-order valence-corrected chi connectivity index (χ4v) is 4.22. The highest BCUT2D eigenvalue weighted by Crippen LogP contribution is 2.43. The summed E-state index contributed by atoms with van der Waals surface area (Å²) in [6.45, 7) is 1.97. The Morgan fingerprint density at radius 3 is 2.58 bits per heavy atom. The third-order valence-corrected chi connectivity index (χ3v) is 6.22. The minimum absolute atomic E-state index is 0.0498. The van der Waals surface area contributed by atoms with Crippen molar-refractivity contribution < 1.29 is 19.4 Å². The van der Waals surface area contributed by atoms with Crippen LogP contribution in [0.4, 0.5) is 0 Å². The molecule has 0 aliphatic carbocycles. The van der Waals surface area contributed by atoms with E-state index in [1.807, 2.05) is 19.1 Å². The number of pyridine rings is 1. The first-order valence-corrected chi connectivity index (χ1v) is 10.8. The maximum Gasteiger partial charge on any atom is 0.295 e. The van der Waals surface area contributed by atoms with Crippen molar-refractivity contribution in [3.63, 3.8) is 0 Å². The molecule has 6 nitrogen and oxygen atoms in total. The Kier molecular flexibility index (Phi) is 6.40. The van der Waals surface area contributed by atoms with Crippen molar-refractivity contribution in [3.05, 3.63) is 98.8 Å². The number of hydrogen-bond donors (Lipinski definition) is 1. The number of carbonyl (C=O) groups is 2. The minimum atomic E-state index is -0.884. The van der Waals surface area contributed by atoms with Crippen LogP contribution in [-0.4, -0.2) is 33.8 Å². The van der Waals surface area contributed by atoms with E-state index < -0.39 is 17.7 Å². The van der Waals surface area contributed by atoms with E-state index in [-0.39, 0.29) is 22.9 Å². The van der Waals surface area contributed by atoms with Gasteiger partial charge in [0.2, 0.25) is 0 Å². The summed E-state index contributed by atoms with van der Waals surface area (Å²) in [4.78, 5) is 31.8. The van der Waals surface area contributed by atoms with Crippen LogP contribution in [0.25, 0.3) is 5.76 Å². The molecule has 1 fully saturated rings. The SMILES string of the molecule is COc1ccc(C)cc1/C(O)=C1\C(=O)C(=O)N(Cc2cccnc2)C1c1ccc(Cl)c(Cl)c1. The van der Waals surface area contributed by atoms with Gasteiger partial charge in [-0.1, -0.05) is 47.0 Å². The number of nitrogens with zero attached hydrogens (tertiary/aromatic N) is 2. The Morgan fingerprint density at radius 1 is 1.12 bits per heavy atom. The first-order valence-electron chi connectivity index (χ1n) is 10.1. The van der Waals surface area contributed by atoms with Gasteiger partial charge in [0.1, 0.15) is 11.5 Å². The third kappa shape index (κ3) is 4.32. The molecule has 1 unspecified atom stereocenters. The highest BCUT2D eigenvalue weighted by Gasteiger charge is 2.46. The van der Waals surface area contributed by atoms with E-state index in [2.05, 4.69) is 4.98 Å². The first kappa shape index (κ1) is 22.8. The molecular formula is C25H20Cl2N2O4. The number of hydrogen-bond acceptors (Lipinski definition) is 5. The summed E-state index contributed by atoms with van der Waals surface area (Å²) in [5.41, 5.74) is 2.40. The summed E-state index contributed by atoms with van der Waals surface area (Å²) < 4.78 is 5.39. The van der Waals surface area contributed by atoms with Gasteiger partial charge in [-0.15, -0.1) is 0 Å². The van der Waals surface area contributed by atoms with Gasteiger partial charge in [0.05, 0.1) is 34.3 Å². The number of methoxy groups -OCH3 is 1. The first-order chi connectivity index (χ1) is 15.8. The van der Waals surface area contributed by atoms with E-state index in [0.717, 1.165) is 11.1 Å². The van der Waals surface area contributed by atoms with E-state index >= 15 is 0 Å². The highest BCUT2D eigenvalue weighted by molar-refractivity contribution is 6.46. The van der Waals surface area contributed by atoms with Crippen LogP contribution in [-0.2, 0) is 16.1 Å². The molecule has 1 aromatic heterocycles. The molecule has 2 aromatic carbocycles. The molecule has 4 rings (SSSR count). The maximum atomic E-state index is 13.2. The quantitative estimate of drug-likeness (QED) is 0.302. The minimum Gasteiger partial charge on any atom is -0.507 e. The van der Waals surface area contributed by atoms with Gasteiger partial charge in [-0.05, 0) is 48.4 Å². The van der Waals surface area contributed by atoms with Crippen LogP contribution in [0.15, 0.2) is 66.5 Å². The fraction of sp³-hybridized carbons (Fsp3) is 0.160. The predicted octanol–water partition coefficient (Wildman–Crippen LogP) is 5.33. The fourth-order valence-electron chi connectivity index (χ4n) is 3.91. The predicted molar refractivity (Wildman–Crippen MR) is 126 cm³/mol. The molecule has 0 saturated carbocycles. The number of aliphatic hydroxyl groups excluding tert-OH is 1. The van der Waals surface area contributed by atoms with E-state index in [4.69, 9.17) is 27.9 Å². The van der Waals surface area contributed by atoms with Crippen molar-refractivity contribution in [2.75, 3.05) is 7.11 Å². The van der Waals surface area contributed by atoms with Crippen LogP contribution in [0.5, 0.6) is 5.75 Å². The van der Waals surface area contributed by atoms with Gasteiger partial charge >= 0.3 is 0 Å². The number of carbonyl (C=O) groups excluding carboxylic acids is 2. The van der Waals surface area contributed by atoms with Crippen LogP contribution >= 0.6 is 23.2 Å². The van der Waals surface area contributed by atoms with Crippen LogP contribution in [0.2, 0.25) is 10.0 Å². The van der Waals surface area contributed by atoms with Crippen LogP contribution < -0.4 is 4.74 Å². The molecule has 0 bridgehead atoms. The van der Waals surface area contributed by atoms with Gasteiger partial charge in [0.15, 0.2) is 0 Å². The van der Waals surface area contributed by atoms with Gasteiger partial charge in [-0.25, -0.2) is 0 Å². The smallest absolute Gasteiger partial charge is 0.295 e. The molecule has 8 heteroatoms. The molecule has 0 radical (unpaired) electrons. The average Bonchev–Trinajstić information content (AvgIpc) is 3.06. The Morgan fingerprint density at radius 2 is 1.91 bits per heavy atom. The molecule has 3 aromatic rings. The van der Waals surface area contributed by atoms with Crippen molar-refractivity contribution in [1.82, 2.24) is 9.88 Å². The lowest BCUT2D eigenvalue weighted by molar-refractivity contribution is -0.140. The summed E-state index contributed by atoms with van der Waals surface area (Å²) in [5.74, 6) is -1.47. The average molecular weight is 483 g/mol. The molecule has 1 aliphatic heterocycles. The van der Waals surface area contributed by atoms with E-state index in [9.17, 15) is 14.7 Å². The zero-order chi connectivity index (χ0) is 23.7. The zero-order valence-corrected chi connectivity index (χ0v) is 19.4. The van der Waals surface area contributed by atoms with Crippen LogP contribution in [0.3, 0.4) is 0 Å². The van der Waals surface area contributed by atoms with Gasteiger partial charge in [-0.2, -0.15) is 0 Å². The normalized spacial score (nSPS) is 17.5. The Hall–Kier alpha value is -3.35. The number of halogens is 2. The monoisotopic (exact) mass is 482 g/mol. The van der Waals surface area contributed by atoms with Crippen molar-refractivity contribution in [1.29, 1.82) is 0 Å². The largest absolute Gasteiger partial charge is 0.507 e. The zero-order valence-electron chi connectivity index (χ0n) is 17.9. The molecule has 2 heterocycles. The van der Waals surface area contributed by atoms with Gasteiger partial charge in [0.25, 0.3) is 11.7 Å². The van der Waals surface area contributed by atoms with Gasteiger partial charge < -0.3 is 14.7 Å². The second kappa shape index (κ2) is 9.25. The number of Topliss-reactive ketones (excluding diaryl/α,β-unsaturated/α-hetero) is 1. The molecule has 0 spiro atoms. The van der Waals surface area contributed by atoms with Crippen LogP contribution in [0, 0.1) is 6.92 Å². The molecule has 168 valence electrons. The number of aryl methyl sites for hydroxylation is 1. The molecule has 1 atom stereocenters. The number of aliphatic hydroxyl groups is 1. The standard InChI is InChI=1S/C25H20Cl2N2O4/c1-14-5-8-20(33-2)17(10-14)23(30)21-22(16-6-7-18(26)19(27)11-16)29(25(32)24(21)31)13-15-4-3-9-28-12-15/h3-12,22,30H,13H2,1-2H3/b23-21+. The molecule has 1 amide bonds. The second-order valence-electron chi connectivity index (χ2n) is 7.67. The van der Waals surface area contributed by atoms with Crippen molar-refractivity contribution in [2.24, 2.45) is 0 Å². The van der Waals surface area contributed by atoms with Gasteiger partial charge in [-0.3, -0.25) is 14.6 Å². The number of ether oxygens (including phenoxy) is 1. The number of rotatable bonds is 5. The lowest BCUT2D eigenvalue weighted by Crippen LogP contribution is -2.29. The number of aromatic nitrogens is 1. The Bertz CT molecular complexity index is 1270. The maximum absolute atomic E-state index is 13.2. The van der Waals surface area contributed by atoms with Crippen molar-refractivity contribution in [2.45, 2.75) is 19.5 Å². The second-order valence-corrected chi connectivity index (χ2v) is 8.48. The number of amides is 1. The van der Waals surface area contributed by atoms with Crippen molar-refractivity contribution >= 4 is 40.7 Å². The summed E-state index contributed by atoms with van der Waals surface area (Å²) in [5, 5.41) is 11.9. The number of benzene rings is 2. The number of likely N-dealkylation sites (tertiary alicyclic amines) is 1. The summed E-state index contributed by atoms with van der Waals surface area (Å²) in [6.07, 6.45) is 3.24. The van der Waals surface area contributed by atoms with E-state index in [0.29, 0.717) is 21.9 Å². The summed E-state index contributed by atoms with van der Waals surface area (Å²) >= 11 is 12.4. The highest BCUT2D eigenvalue weighted by atomic mass is 35.5. The van der Waals surface area contributed by atoms with E-state index in [1.54, 1.807) is 48.8 Å². The lowest BCUT2D eigenvalue weighted by Gasteiger charge is -2.25. The molecule has 1 saturated heterocycles. The molecule has 1 N–H and O–H groups in total. The lowest BCUT2D eigenvalue weighted by atomic mass is 9.94. The van der Waals surface area contributed by atoms with Crippen molar-refractivity contribution in [3.8, 4) is 5.75 Å². The molecular weight excluding hydrogens is 463 g/mol. The number of ketones is 1. The topological polar surface area (TPSA) is 79.7 Å². The Labute approximate surface area is 201 Å². The summed E-state index contributed by atoms with van der Waals surface area (Å²) in [7, 11) is 1.47. The Balaban J connectivity index is 1.93. The van der Waals surface area contributed by atoms with E-state index in [1.165, 1.54) is 12.0 Å². The van der Waals surface area contributed by atoms with Gasteiger partial charge in [0, 0.05) is 18.9 Å². The summed E-state index contributed by atoms with van der Waals surface area (Å²) in [6, 6.07) is 12.8.